The Labute approximate surface area is 169 Å². The second-order valence-corrected chi connectivity index (χ2v) is 7.30. The molecule has 0 aromatic heterocycles. The first kappa shape index (κ1) is 19.8. The standard InChI is InChI=1S/C22H22Cl2O3/c1-2-26-22-13-15(8-12-21(22)27-17-5-3-4-6-17)7-11-20(25)16-9-10-18(23)19(24)14-16/h7-14,17H,2-6H2,1H3/b11-7+. The highest BCUT2D eigenvalue weighted by Gasteiger charge is 2.18. The smallest absolute Gasteiger partial charge is 0.185 e. The van der Waals surface area contributed by atoms with Gasteiger partial charge in [-0.25, -0.2) is 0 Å². The number of rotatable bonds is 7. The van der Waals surface area contributed by atoms with E-state index in [2.05, 4.69) is 0 Å². The molecule has 1 fully saturated rings. The van der Waals surface area contributed by atoms with Crippen molar-refractivity contribution in [3.8, 4) is 11.5 Å². The molecule has 0 bridgehead atoms. The molecule has 1 saturated carbocycles. The summed E-state index contributed by atoms with van der Waals surface area (Å²) in [6.45, 7) is 2.49. The molecule has 0 unspecified atom stereocenters. The third-order valence-corrected chi connectivity index (χ3v) is 5.23. The van der Waals surface area contributed by atoms with Crippen LogP contribution in [0.15, 0.2) is 42.5 Å². The van der Waals surface area contributed by atoms with Crippen molar-refractivity contribution in [2.24, 2.45) is 0 Å². The van der Waals surface area contributed by atoms with Crippen molar-refractivity contribution in [3.05, 3.63) is 63.6 Å². The first-order valence-corrected chi connectivity index (χ1v) is 9.93. The number of benzene rings is 2. The number of allylic oxidation sites excluding steroid dienone is 1. The van der Waals surface area contributed by atoms with E-state index in [1.807, 2.05) is 25.1 Å². The van der Waals surface area contributed by atoms with Crippen molar-refractivity contribution in [3.63, 3.8) is 0 Å². The van der Waals surface area contributed by atoms with E-state index in [4.69, 9.17) is 32.7 Å². The maximum atomic E-state index is 12.3. The molecule has 0 atom stereocenters. The van der Waals surface area contributed by atoms with Crippen LogP contribution in [0.25, 0.3) is 6.08 Å². The Bertz CT molecular complexity index is 839. The summed E-state index contributed by atoms with van der Waals surface area (Å²) in [5, 5.41) is 0.791. The van der Waals surface area contributed by atoms with Gasteiger partial charge in [-0.05, 0) is 74.6 Å². The van der Waals surface area contributed by atoms with Crippen molar-refractivity contribution in [1.82, 2.24) is 0 Å². The molecule has 27 heavy (non-hydrogen) atoms. The van der Waals surface area contributed by atoms with Crippen LogP contribution in [-0.2, 0) is 0 Å². The minimum absolute atomic E-state index is 0.141. The largest absolute Gasteiger partial charge is 0.490 e. The van der Waals surface area contributed by atoms with E-state index in [9.17, 15) is 4.79 Å². The first-order chi connectivity index (χ1) is 13.1. The Balaban J connectivity index is 1.75. The number of carbonyl (C=O) groups excluding carboxylic acids is 1. The SMILES string of the molecule is CCOc1cc(/C=C/C(=O)c2ccc(Cl)c(Cl)c2)ccc1OC1CCCC1. The third kappa shape index (κ3) is 5.27. The Kier molecular flexibility index (Phi) is 6.81. The van der Waals surface area contributed by atoms with Gasteiger partial charge in [0.05, 0.1) is 22.8 Å². The third-order valence-electron chi connectivity index (χ3n) is 4.49. The van der Waals surface area contributed by atoms with Crippen LogP contribution in [0.2, 0.25) is 10.0 Å². The van der Waals surface area contributed by atoms with Gasteiger partial charge < -0.3 is 9.47 Å². The van der Waals surface area contributed by atoms with Crippen molar-refractivity contribution < 1.29 is 14.3 Å². The molecule has 0 spiro atoms. The van der Waals surface area contributed by atoms with Gasteiger partial charge in [0.25, 0.3) is 0 Å². The summed E-state index contributed by atoms with van der Waals surface area (Å²) in [6, 6.07) is 10.6. The first-order valence-electron chi connectivity index (χ1n) is 9.18. The van der Waals surface area contributed by atoms with Gasteiger partial charge in [0.15, 0.2) is 17.3 Å². The fourth-order valence-corrected chi connectivity index (χ4v) is 3.40. The van der Waals surface area contributed by atoms with Crippen LogP contribution in [-0.4, -0.2) is 18.5 Å². The van der Waals surface area contributed by atoms with E-state index in [-0.39, 0.29) is 11.9 Å². The molecule has 3 rings (SSSR count). The zero-order valence-electron chi connectivity index (χ0n) is 15.2. The number of ether oxygens (including phenoxy) is 2. The maximum Gasteiger partial charge on any atom is 0.185 e. The normalized spacial score (nSPS) is 14.6. The summed E-state index contributed by atoms with van der Waals surface area (Å²) < 4.78 is 11.8. The van der Waals surface area contributed by atoms with E-state index in [0.29, 0.717) is 28.0 Å². The summed E-state index contributed by atoms with van der Waals surface area (Å²) in [7, 11) is 0. The lowest BCUT2D eigenvalue weighted by molar-refractivity contribution is 0.104. The minimum Gasteiger partial charge on any atom is -0.490 e. The molecule has 0 saturated heterocycles. The lowest BCUT2D eigenvalue weighted by atomic mass is 10.1. The fraction of sp³-hybridized carbons (Fsp3) is 0.318. The average Bonchev–Trinajstić information content (AvgIpc) is 3.17. The number of hydrogen-bond donors (Lipinski definition) is 0. The van der Waals surface area contributed by atoms with Crippen LogP contribution in [0.1, 0.15) is 48.5 Å². The lowest BCUT2D eigenvalue weighted by Gasteiger charge is -2.17. The summed E-state index contributed by atoms with van der Waals surface area (Å²) in [5.41, 5.74) is 1.36. The molecule has 2 aromatic rings. The molecule has 0 N–H and O–H groups in total. The number of carbonyl (C=O) groups is 1. The molecule has 3 nitrogen and oxygen atoms in total. The minimum atomic E-state index is -0.141. The molecule has 0 radical (unpaired) electrons. The predicted molar refractivity (Wildman–Crippen MR) is 110 cm³/mol. The highest BCUT2D eigenvalue weighted by atomic mass is 35.5. The van der Waals surface area contributed by atoms with E-state index in [1.54, 1.807) is 24.3 Å². The van der Waals surface area contributed by atoms with Crippen LogP contribution >= 0.6 is 23.2 Å². The van der Waals surface area contributed by atoms with Crippen LogP contribution < -0.4 is 9.47 Å². The van der Waals surface area contributed by atoms with E-state index in [1.165, 1.54) is 18.9 Å². The van der Waals surface area contributed by atoms with E-state index in [0.717, 1.165) is 24.2 Å². The molecule has 142 valence electrons. The Morgan fingerprint density at radius 1 is 1.07 bits per heavy atom. The topological polar surface area (TPSA) is 35.5 Å². The second kappa shape index (κ2) is 9.29. The van der Waals surface area contributed by atoms with Crippen LogP contribution in [0.4, 0.5) is 0 Å². The van der Waals surface area contributed by atoms with Gasteiger partial charge in [-0.15, -0.1) is 0 Å². The molecule has 0 aliphatic heterocycles. The zero-order chi connectivity index (χ0) is 19.2. The Hall–Kier alpha value is -1.97. The van der Waals surface area contributed by atoms with Crippen molar-refractivity contribution in [1.29, 1.82) is 0 Å². The quantitative estimate of drug-likeness (QED) is 0.384. The Morgan fingerprint density at radius 2 is 1.85 bits per heavy atom. The van der Waals surface area contributed by atoms with Crippen LogP contribution in [0.5, 0.6) is 11.5 Å². The van der Waals surface area contributed by atoms with Gasteiger partial charge in [-0.1, -0.05) is 35.3 Å². The van der Waals surface area contributed by atoms with Crippen molar-refractivity contribution in [2.75, 3.05) is 6.61 Å². The summed E-state index contributed by atoms with van der Waals surface area (Å²) in [6.07, 6.45) is 8.14. The van der Waals surface area contributed by atoms with Crippen molar-refractivity contribution in [2.45, 2.75) is 38.7 Å². The lowest BCUT2D eigenvalue weighted by Crippen LogP contribution is -2.11. The zero-order valence-corrected chi connectivity index (χ0v) is 16.7. The molecular weight excluding hydrogens is 383 g/mol. The van der Waals surface area contributed by atoms with Gasteiger partial charge in [-0.3, -0.25) is 4.79 Å². The number of halogens is 2. The van der Waals surface area contributed by atoms with Crippen LogP contribution in [0.3, 0.4) is 0 Å². The monoisotopic (exact) mass is 404 g/mol. The van der Waals surface area contributed by atoms with Gasteiger partial charge in [-0.2, -0.15) is 0 Å². The van der Waals surface area contributed by atoms with Crippen molar-refractivity contribution >= 4 is 35.1 Å². The molecule has 1 aliphatic rings. The molecule has 5 heteroatoms. The molecule has 0 amide bonds. The fourth-order valence-electron chi connectivity index (χ4n) is 3.10. The summed E-state index contributed by atoms with van der Waals surface area (Å²) >= 11 is 11.9. The predicted octanol–water partition coefficient (Wildman–Crippen LogP) is 6.61. The molecular formula is C22H22Cl2O3. The highest BCUT2D eigenvalue weighted by molar-refractivity contribution is 6.42. The van der Waals surface area contributed by atoms with E-state index < -0.39 is 0 Å². The average molecular weight is 405 g/mol. The molecule has 2 aromatic carbocycles. The molecule has 0 heterocycles. The second-order valence-electron chi connectivity index (χ2n) is 6.49. The highest BCUT2D eigenvalue weighted by Crippen LogP contribution is 2.33. The van der Waals surface area contributed by atoms with E-state index >= 15 is 0 Å². The van der Waals surface area contributed by atoms with Gasteiger partial charge in [0, 0.05) is 5.56 Å². The van der Waals surface area contributed by atoms with Gasteiger partial charge in [0.1, 0.15) is 0 Å². The number of hydrogen-bond acceptors (Lipinski definition) is 3. The Morgan fingerprint density at radius 3 is 2.56 bits per heavy atom. The summed E-state index contributed by atoms with van der Waals surface area (Å²) in [5.74, 6) is 1.32. The van der Waals surface area contributed by atoms with Gasteiger partial charge >= 0.3 is 0 Å². The summed E-state index contributed by atoms with van der Waals surface area (Å²) in [4.78, 5) is 12.3. The maximum absolute atomic E-state index is 12.3. The molecule has 1 aliphatic carbocycles. The van der Waals surface area contributed by atoms with Crippen LogP contribution in [0, 0.1) is 0 Å². The van der Waals surface area contributed by atoms with Gasteiger partial charge in [0.2, 0.25) is 0 Å². The number of ketones is 1.